The predicted molar refractivity (Wildman–Crippen MR) is 96.4 cm³/mol. The normalized spacial score (nSPS) is 10.7. The summed E-state index contributed by atoms with van der Waals surface area (Å²) < 4.78 is 11.9. The minimum Gasteiger partial charge on any atom is -0.497 e. The van der Waals surface area contributed by atoms with Crippen molar-refractivity contribution in [1.82, 2.24) is 20.2 Å². The van der Waals surface area contributed by atoms with Crippen LogP contribution in [0.2, 0.25) is 0 Å². The van der Waals surface area contributed by atoms with E-state index in [1.54, 1.807) is 38.5 Å². The van der Waals surface area contributed by atoms with Gasteiger partial charge in [0.25, 0.3) is 0 Å². The van der Waals surface area contributed by atoms with E-state index in [1.807, 2.05) is 24.3 Å². The quantitative estimate of drug-likeness (QED) is 0.686. The smallest absolute Gasteiger partial charge is 0.248 e. The maximum atomic E-state index is 12.2. The average Bonchev–Trinajstić information content (AvgIpc) is 3.21. The first-order chi connectivity index (χ1) is 12.7. The van der Waals surface area contributed by atoms with Crippen molar-refractivity contribution in [3.05, 3.63) is 60.4 Å². The lowest BCUT2D eigenvalue weighted by Gasteiger charge is -2.06. The molecule has 8 nitrogen and oxygen atoms in total. The molecule has 132 valence electrons. The largest absolute Gasteiger partial charge is 0.497 e. The summed E-state index contributed by atoms with van der Waals surface area (Å²) in [6, 6.07) is 12.6. The number of nitrogens with zero attached hydrogens (tertiary/aromatic N) is 4. The maximum absolute atomic E-state index is 12.2. The van der Waals surface area contributed by atoms with E-state index in [9.17, 15) is 4.79 Å². The Balaban J connectivity index is 1.71. The van der Waals surface area contributed by atoms with Gasteiger partial charge in [0, 0.05) is 17.8 Å². The number of hydrogen-bond donors (Lipinski definition) is 1. The molecule has 0 unspecified atom stereocenters. The molecule has 26 heavy (non-hydrogen) atoms. The number of benzene rings is 2. The second-order valence-corrected chi connectivity index (χ2v) is 5.27. The van der Waals surface area contributed by atoms with Gasteiger partial charge in [0.05, 0.1) is 19.9 Å². The third-order valence-corrected chi connectivity index (χ3v) is 3.53. The van der Waals surface area contributed by atoms with E-state index in [0.29, 0.717) is 17.2 Å². The van der Waals surface area contributed by atoms with Crippen LogP contribution in [0.25, 0.3) is 11.8 Å². The number of hydrogen-bond acceptors (Lipinski definition) is 6. The van der Waals surface area contributed by atoms with Gasteiger partial charge in [-0.25, -0.2) is 4.68 Å². The number of carbonyl (C=O) groups is 1. The third kappa shape index (κ3) is 4.23. The number of aromatic nitrogens is 4. The van der Waals surface area contributed by atoms with Crippen molar-refractivity contribution < 1.29 is 14.3 Å². The zero-order chi connectivity index (χ0) is 18.4. The Morgan fingerprint density at radius 3 is 2.54 bits per heavy atom. The Bertz CT molecular complexity index is 900. The number of rotatable bonds is 6. The predicted octanol–water partition coefficient (Wildman–Crippen LogP) is 2.33. The van der Waals surface area contributed by atoms with Gasteiger partial charge in [0.15, 0.2) is 0 Å². The molecule has 0 radical (unpaired) electrons. The first-order valence-corrected chi connectivity index (χ1v) is 7.73. The summed E-state index contributed by atoms with van der Waals surface area (Å²) in [5.41, 5.74) is 2.17. The molecule has 0 bridgehead atoms. The molecule has 1 amide bonds. The van der Waals surface area contributed by atoms with Crippen LogP contribution >= 0.6 is 0 Å². The first kappa shape index (κ1) is 17.2. The van der Waals surface area contributed by atoms with Crippen molar-refractivity contribution in [2.45, 2.75) is 0 Å². The van der Waals surface area contributed by atoms with E-state index in [2.05, 4.69) is 20.8 Å². The van der Waals surface area contributed by atoms with Gasteiger partial charge < -0.3 is 14.8 Å². The van der Waals surface area contributed by atoms with E-state index >= 15 is 0 Å². The van der Waals surface area contributed by atoms with Gasteiger partial charge >= 0.3 is 0 Å². The van der Waals surface area contributed by atoms with Crippen molar-refractivity contribution in [3.63, 3.8) is 0 Å². The highest BCUT2D eigenvalue weighted by Gasteiger charge is 2.03. The molecule has 1 aromatic heterocycles. The van der Waals surface area contributed by atoms with Crippen LogP contribution in [-0.2, 0) is 4.79 Å². The monoisotopic (exact) mass is 351 g/mol. The summed E-state index contributed by atoms with van der Waals surface area (Å²) in [5, 5.41) is 13.8. The molecule has 0 fully saturated rings. The van der Waals surface area contributed by atoms with Crippen LogP contribution in [-0.4, -0.2) is 40.3 Å². The highest BCUT2D eigenvalue weighted by molar-refractivity contribution is 6.02. The lowest BCUT2D eigenvalue weighted by atomic mass is 10.2. The van der Waals surface area contributed by atoms with Crippen LogP contribution in [0.1, 0.15) is 5.56 Å². The second-order valence-electron chi connectivity index (χ2n) is 5.27. The third-order valence-electron chi connectivity index (χ3n) is 3.53. The Kier molecular flexibility index (Phi) is 5.23. The zero-order valence-corrected chi connectivity index (χ0v) is 14.3. The highest BCUT2D eigenvalue weighted by Crippen LogP contribution is 2.23. The number of amides is 1. The number of tetrazole rings is 1. The lowest BCUT2D eigenvalue weighted by Crippen LogP contribution is -2.08. The Morgan fingerprint density at radius 1 is 1.12 bits per heavy atom. The molecule has 3 rings (SSSR count). The molecule has 8 heteroatoms. The first-order valence-electron chi connectivity index (χ1n) is 7.73. The topological polar surface area (TPSA) is 91.2 Å². The molecule has 0 aliphatic heterocycles. The average molecular weight is 351 g/mol. The number of methoxy groups -OCH3 is 2. The fourth-order valence-corrected chi connectivity index (χ4v) is 2.29. The molecule has 0 saturated carbocycles. The highest BCUT2D eigenvalue weighted by atomic mass is 16.5. The van der Waals surface area contributed by atoms with Crippen molar-refractivity contribution in [3.8, 4) is 17.2 Å². The number of ether oxygens (including phenoxy) is 2. The van der Waals surface area contributed by atoms with Crippen molar-refractivity contribution >= 4 is 17.7 Å². The molecular weight excluding hydrogens is 334 g/mol. The Labute approximate surface area is 150 Å². The number of carbonyl (C=O) groups excluding carboxylic acids is 1. The van der Waals surface area contributed by atoms with Crippen LogP contribution in [0.3, 0.4) is 0 Å². The van der Waals surface area contributed by atoms with E-state index < -0.39 is 0 Å². The summed E-state index contributed by atoms with van der Waals surface area (Å²) in [6.45, 7) is 0. The second kappa shape index (κ2) is 7.93. The molecule has 1 N–H and O–H groups in total. The number of nitrogens with one attached hydrogen (secondary N) is 1. The van der Waals surface area contributed by atoms with Gasteiger partial charge in [-0.2, -0.15) is 0 Å². The maximum Gasteiger partial charge on any atom is 0.248 e. The van der Waals surface area contributed by atoms with Gasteiger partial charge in [-0.3, -0.25) is 4.79 Å². The molecule has 0 aliphatic rings. The standard InChI is InChI=1S/C18H17N5O3/c1-25-16-8-13(9-17(11-16)26-2)6-7-18(24)20-14-4-3-5-15(10-14)23-12-19-21-22-23/h3-12H,1-2H3,(H,20,24). The van der Waals surface area contributed by atoms with Crippen LogP contribution in [0.4, 0.5) is 5.69 Å². The summed E-state index contributed by atoms with van der Waals surface area (Å²) in [5.74, 6) is 1.04. The minimum atomic E-state index is -0.263. The molecule has 0 spiro atoms. The van der Waals surface area contributed by atoms with Crippen molar-refractivity contribution in [2.24, 2.45) is 0 Å². The number of anilines is 1. The Morgan fingerprint density at radius 2 is 1.88 bits per heavy atom. The van der Waals surface area contributed by atoms with Gasteiger partial charge in [0.2, 0.25) is 5.91 Å². The SMILES string of the molecule is COc1cc(C=CC(=O)Nc2cccc(-n3cnnn3)c2)cc(OC)c1. The fourth-order valence-electron chi connectivity index (χ4n) is 2.29. The lowest BCUT2D eigenvalue weighted by molar-refractivity contribution is -0.111. The summed E-state index contributed by atoms with van der Waals surface area (Å²) in [7, 11) is 3.15. The van der Waals surface area contributed by atoms with Crippen LogP contribution in [0.5, 0.6) is 11.5 Å². The van der Waals surface area contributed by atoms with Crippen LogP contribution in [0, 0.1) is 0 Å². The van der Waals surface area contributed by atoms with E-state index in [4.69, 9.17) is 9.47 Å². The molecule has 2 aromatic carbocycles. The zero-order valence-electron chi connectivity index (χ0n) is 14.3. The van der Waals surface area contributed by atoms with Gasteiger partial charge in [-0.05, 0) is 52.4 Å². The summed E-state index contributed by atoms with van der Waals surface area (Å²) in [4.78, 5) is 12.2. The van der Waals surface area contributed by atoms with Crippen molar-refractivity contribution in [1.29, 1.82) is 0 Å². The molecule has 0 atom stereocenters. The van der Waals surface area contributed by atoms with Gasteiger partial charge in [0.1, 0.15) is 17.8 Å². The van der Waals surface area contributed by atoms with E-state index in [1.165, 1.54) is 17.1 Å². The van der Waals surface area contributed by atoms with Crippen molar-refractivity contribution in [2.75, 3.05) is 19.5 Å². The molecule has 0 aliphatic carbocycles. The van der Waals surface area contributed by atoms with E-state index in [0.717, 1.165) is 11.3 Å². The minimum absolute atomic E-state index is 0.263. The van der Waals surface area contributed by atoms with Crippen LogP contribution in [0.15, 0.2) is 54.9 Å². The molecule has 1 heterocycles. The van der Waals surface area contributed by atoms with E-state index in [-0.39, 0.29) is 5.91 Å². The fraction of sp³-hybridized carbons (Fsp3) is 0.111. The molecule has 0 saturated heterocycles. The molecule has 3 aromatic rings. The van der Waals surface area contributed by atoms with Gasteiger partial charge in [-0.1, -0.05) is 6.07 Å². The Hall–Kier alpha value is -3.68. The summed E-state index contributed by atoms with van der Waals surface area (Å²) in [6.07, 6.45) is 4.61. The summed E-state index contributed by atoms with van der Waals surface area (Å²) >= 11 is 0. The van der Waals surface area contributed by atoms with Crippen LogP contribution < -0.4 is 14.8 Å². The van der Waals surface area contributed by atoms with Gasteiger partial charge in [-0.15, -0.1) is 5.10 Å². The molecular formula is C18H17N5O3.